The second-order valence-corrected chi connectivity index (χ2v) is 11.6. The topological polar surface area (TPSA) is 113 Å². The molecule has 0 aliphatic rings. The van der Waals surface area contributed by atoms with Crippen LogP contribution in [-0.2, 0) is 17.7 Å². The van der Waals surface area contributed by atoms with Crippen molar-refractivity contribution in [2.45, 2.75) is 32.5 Å². The summed E-state index contributed by atoms with van der Waals surface area (Å²) in [6.45, 7) is 6.90. The second-order valence-electron chi connectivity index (χ2n) is 3.89. The van der Waals surface area contributed by atoms with Crippen LogP contribution in [0.25, 0.3) is 0 Å². The first kappa shape index (κ1) is 15.5. The second kappa shape index (κ2) is 4.77. The zero-order chi connectivity index (χ0) is 12.5. The zero-order valence-electron chi connectivity index (χ0n) is 8.95. The van der Waals surface area contributed by atoms with Crippen LogP contribution < -0.4 is 0 Å². The molecule has 0 aliphatic carbocycles. The third-order valence-electron chi connectivity index (χ3n) is 1.95. The van der Waals surface area contributed by atoms with E-state index in [4.69, 9.17) is 18.9 Å². The molecule has 0 saturated carbocycles. The molecule has 0 rings (SSSR count). The Morgan fingerprint density at radius 1 is 1.13 bits per heavy atom. The van der Waals surface area contributed by atoms with Crippen molar-refractivity contribution in [2.75, 3.05) is 0 Å². The van der Waals surface area contributed by atoms with Crippen LogP contribution in [0.5, 0.6) is 0 Å². The summed E-state index contributed by atoms with van der Waals surface area (Å²) < 4.78 is 30.1. The highest BCUT2D eigenvalue weighted by Crippen LogP contribution is 2.59. The fourth-order valence-electron chi connectivity index (χ4n) is 0.554. The Labute approximate surface area is 89.4 Å². The summed E-state index contributed by atoms with van der Waals surface area (Å²) in [4.78, 5) is 25.8. The highest BCUT2D eigenvalue weighted by atomic mass is 31.3. The van der Waals surface area contributed by atoms with Gasteiger partial charge in [0.15, 0.2) is 0 Å². The van der Waals surface area contributed by atoms with E-state index in [1.54, 1.807) is 26.9 Å². The van der Waals surface area contributed by atoms with Gasteiger partial charge in [0.2, 0.25) is 8.32 Å². The van der Waals surface area contributed by atoms with Crippen molar-refractivity contribution in [1.82, 2.24) is 0 Å². The van der Waals surface area contributed by atoms with Gasteiger partial charge in [-0.05, 0) is 18.6 Å². The lowest BCUT2D eigenvalue weighted by molar-refractivity contribution is 0.227. The summed E-state index contributed by atoms with van der Waals surface area (Å²) in [5.74, 6) is 0. The molecule has 0 heterocycles. The molecule has 7 nitrogen and oxygen atoms in total. The smallest absolute Gasteiger partial charge is 0.329 e. The Morgan fingerprint density at radius 3 is 1.80 bits per heavy atom. The molecule has 15 heavy (non-hydrogen) atoms. The lowest BCUT2D eigenvalue weighted by Crippen LogP contribution is -2.32. The predicted octanol–water partition coefficient (Wildman–Crippen LogP) is 1.83. The maximum absolute atomic E-state index is 11.2. The standard InChI is InChI=1S/C5H16O7P2Si/c1-5(2)15(3,4)12-14(9,10)11-13(6,7)8/h5H,1-4H3,(H,9,10)(H2,6,7,8). The van der Waals surface area contributed by atoms with Crippen LogP contribution in [0.15, 0.2) is 0 Å². The summed E-state index contributed by atoms with van der Waals surface area (Å²) >= 11 is 0. The third kappa shape index (κ3) is 6.60. The number of phosphoric acid groups is 2. The third-order valence-corrected chi connectivity index (χ3v) is 9.21. The quantitative estimate of drug-likeness (QED) is 0.519. The van der Waals surface area contributed by atoms with Crippen molar-refractivity contribution >= 4 is 24.0 Å². The summed E-state index contributed by atoms with van der Waals surface area (Å²) in [5, 5.41) is 0. The summed E-state index contributed by atoms with van der Waals surface area (Å²) in [7, 11) is -12.2. The Kier molecular flexibility index (Phi) is 4.92. The number of hydrogen-bond donors (Lipinski definition) is 3. The van der Waals surface area contributed by atoms with E-state index in [1.165, 1.54) is 0 Å². The molecular formula is C5H16O7P2Si. The first-order valence-corrected chi connectivity index (χ1v) is 10.2. The van der Waals surface area contributed by atoms with Gasteiger partial charge in [-0.3, -0.25) is 0 Å². The van der Waals surface area contributed by atoms with Crippen LogP contribution in [0.3, 0.4) is 0 Å². The van der Waals surface area contributed by atoms with Gasteiger partial charge in [0.25, 0.3) is 0 Å². The van der Waals surface area contributed by atoms with Gasteiger partial charge in [-0.15, -0.1) is 0 Å². The van der Waals surface area contributed by atoms with Gasteiger partial charge >= 0.3 is 15.6 Å². The van der Waals surface area contributed by atoms with E-state index in [0.717, 1.165) is 0 Å². The van der Waals surface area contributed by atoms with Crippen molar-refractivity contribution in [1.29, 1.82) is 0 Å². The molecule has 3 N–H and O–H groups in total. The van der Waals surface area contributed by atoms with Crippen LogP contribution in [-0.4, -0.2) is 23.0 Å². The molecule has 0 amide bonds. The normalized spacial score (nSPS) is 17.9. The van der Waals surface area contributed by atoms with Crippen molar-refractivity contribution in [3.05, 3.63) is 0 Å². The first-order chi connectivity index (χ1) is 6.36. The zero-order valence-corrected chi connectivity index (χ0v) is 11.7. The molecule has 0 aromatic carbocycles. The molecule has 1 atom stereocenters. The lowest BCUT2D eigenvalue weighted by atomic mass is 10.6. The highest BCUT2D eigenvalue weighted by Gasteiger charge is 2.40. The Balaban J connectivity index is 4.66. The molecule has 0 bridgehead atoms. The number of hydrogen-bond acceptors (Lipinski definition) is 4. The summed E-state index contributed by atoms with van der Waals surface area (Å²) in [5.41, 5.74) is 0.0124. The molecule has 10 heteroatoms. The van der Waals surface area contributed by atoms with Crippen molar-refractivity contribution in [2.24, 2.45) is 0 Å². The molecule has 0 aromatic rings. The van der Waals surface area contributed by atoms with Crippen molar-refractivity contribution < 1.29 is 32.3 Å². The van der Waals surface area contributed by atoms with Crippen LogP contribution in [0.4, 0.5) is 0 Å². The fraction of sp³-hybridized carbons (Fsp3) is 1.00. The van der Waals surface area contributed by atoms with Crippen molar-refractivity contribution in [3.63, 3.8) is 0 Å². The fourth-order valence-corrected chi connectivity index (χ4v) is 5.28. The molecule has 1 unspecified atom stereocenters. The Morgan fingerprint density at radius 2 is 1.53 bits per heavy atom. The van der Waals surface area contributed by atoms with E-state index >= 15 is 0 Å². The highest BCUT2D eigenvalue weighted by molar-refractivity contribution is 7.61. The van der Waals surface area contributed by atoms with E-state index in [0.29, 0.717) is 0 Å². The number of rotatable bonds is 5. The minimum atomic E-state index is -5.02. The van der Waals surface area contributed by atoms with Crippen molar-refractivity contribution in [3.8, 4) is 0 Å². The average Bonchev–Trinajstić information content (AvgIpc) is 1.75. The van der Waals surface area contributed by atoms with Crippen LogP contribution >= 0.6 is 15.6 Å². The molecule has 0 saturated heterocycles. The Bertz CT molecular complexity index is 309. The van der Waals surface area contributed by atoms with Gasteiger partial charge in [-0.1, -0.05) is 13.8 Å². The Hall–Kier alpha value is 0.477. The van der Waals surface area contributed by atoms with Crippen LogP contribution in [0, 0.1) is 0 Å². The van der Waals surface area contributed by atoms with Crippen LogP contribution in [0.2, 0.25) is 18.6 Å². The van der Waals surface area contributed by atoms with E-state index in [1.807, 2.05) is 0 Å². The van der Waals surface area contributed by atoms with E-state index in [9.17, 15) is 9.13 Å². The van der Waals surface area contributed by atoms with Gasteiger partial charge in [-0.2, -0.15) is 4.31 Å². The average molecular weight is 278 g/mol. The van der Waals surface area contributed by atoms with E-state index in [-0.39, 0.29) is 5.54 Å². The monoisotopic (exact) mass is 278 g/mol. The molecular weight excluding hydrogens is 262 g/mol. The van der Waals surface area contributed by atoms with Gasteiger partial charge in [-0.25, -0.2) is 9.13 Å². The summed E-state index contributed by atoms with van der Waals surface area (Å²) in [6.07, 6.45) is 0. The largest absolute Gasteiger partial charge is 0.478 e. The molecule has 0 radical (unpaired) electrons. The summed E-state index contributed by atoms with van der Waals surface area (Å²) in [6, 6.07) is 0. The minimum absolute atomic E-state index is 0.0124. The van der Waals surface area contributed by atoms with Gasteiger partial charge in [0, 0.05) is 0 Å². The maximum atomic E-state index is 11.2. The van der Waals surface area contributed by atoms with E-state index < -0.39 is 24.0 Å². The van der Waals surface area contributed by atoms with Crippen LogP contribution in [0.1, 0.15) is 13.8 Å². The minimum Gasteiger partial charge on any atom is -0.329 e. The van der Waals surface area contributed by atoms with Gasteiger partial charge in [0.05, 0.1) is 0 Å². The molecule has 0 aliphatic heterocycles. The maximum Gasteiger partial charge on any atom is 0.478 e. The SMILES string of the molecule is CC(C)[Si](C)(C)OP(=O)(O)OP(=O)(O)O. The predicted molar refractivity (Wildman–Crippen MR) is 56.6 cm³/mol. The lowest BCUT2D eigenvalue weighted by Gasteiger charge is -2.28. The van der Waals surface area contributed by atoms with E-state index in [2.05, 4.69) is 4.31 Å². The van der Waals surface area contributed by atoms with Gasteiger partial charge < -0.3 is 18.9 Å². The molecule has 92 valence electrons. The molecule has 0 aromatic heterocycles. The molecule has 0 fully saturated rings. The molecule has 0 spiro atoms. The first-order valence-electron chi connectivity index (χ1n) is 4.16. The van der Waals surface area contributed by atoms with Gasteiger partial charge in [0.1, 0.15) is 0 Å².